The number of aromatic nitrogens is 4. The summed E-state index contributed by atoms with van der Waals surface area (Å²) < 4.78 is 1.88. The topological polar surface area (TPSA) is 84.1 Å². The number of pyridine rings is 1. The van der Waals surface area contributed by atoms with Crippen LogP contribution in [0.15, 0.2) is 43.1 Å². The van der Waals surface area contributed by atoms with Gasteiger partial charge in [0.15, 0.2) is 0 Å². The van der Waals surface area contributed by atoms with Crippen LogP contribution in [-0.2, 0) is 22.2 Å². The molecule has 1 fully saturated rings. The number of aromatic hydroxyl groups is 1. The molecule has 0 spiro atoms. The van der Waals surface area contributed by atoms with E-state index in [0.717, 1.165) is 58.7 Å². The van der Waals surface area contributed by atoms with Crippen molar-refractivity contribution in [3.05, 3.63) is 59.1 Å². The smallest absolute Gasteiger partial charge is 0.242 e. The minimum Gasteiger partial charge on any atom is -0.507 e. The Morgan fingerprint density at radius 1 is 1.03 bits per heavy atom. The van der Waals surface area contributed by atoms with Crippen LogP contribution in [0.25, 0.3) is 21.6 Å². The number of rotatable bonds is 4. The van der Waals surface area contributed by atoms with Gasteiger partial charge in [-0.15, -0.1) is 11.3 Å². The van der Waals surface area contributed by atoms with Gasteiger partial charge < -0.3 is 14.6 Å². The summed E-state index contributed by atoms with van der Waals surface area (Å²) in [6.07, 6.45) is 9.05. The molecule has 0 aliphatic carbocycles. The van der Waals surface area contributed by atoms with Gasteiger partial charge in [0.25, 0.3) is 0 Å². The molecular weight excluding hydrogens is 494 g/mol. The lowest BCUT2D eigenvalue weighted by atomic mass is 9.78. The van der Waals surface area contributed by atoms with Crippen LogP contribution < -0.4 is 0 Å². The van der Waals surface area contributed by atoms with Crippen molar-refractivity contribution in [2.45, 2.75) is 77.7 Å². The van der Waals surface area contributed by atoms with Crippen molar-refractivity contribution in [1.29, 1.82) is 0 Å². The van der Waals surface area contributed by atoms with Crippen LogP contribution in [0.2, 0.25) is 0 Å². The summed E-state index contributed by atoms with van der Waals surface area (Å²) >= 11 is 1.74. The third-order valence-corrected chi connectivity index (χ3v) is 8.68. The lowest BCUT2D eigenvalue weighted by Gasteiger charge is -2.31. The number of piperidine rings is 1. The molecule has 1 saturated heterocycles. The molecule has 0 atom stereocenters. The van der Waals surface area contributed by atoms with Crippen LogP contribution in [0.4, 0.5) is 0 Å². The SMILES string of the molecule is CC(C)(C)c1cc(-c2ncc(C3CCN(C(=O)Cn4cnc5ccncc54)CC3)s2)cc(C(C)(C)C)c1O. The number of benzene rings is 1. The number of hydrogen-bond acceptors (Lipinski definition) is 6. The largest absolute Gasteiger partial charge is 0.507 e. The van der Waals surface area contributed by atoms with E-state index in [9.17, 15) is 9.90 Å². The maximum Gasteiger partial charge on any atom is 0.242 e. The molecule has 0 bridgehead atoms. The van der Waals surface area contributed by atoms with Crippen molar-refractivity contribution in [1.82, 2.24) is 24.4 Å². The highest BCUT2D eigenvalue weighted by molar-refractivity contribution is 7.15. The number of hydrogen-bond donors (Lipinski definition) is 1. The molecule has 1 N–H and O–H groups in total. The van der Waals surface area contributed by atoms with E-state index in [2.05, 4.69) is 63.6 Å². The van der Waals surface area contributed by atoms with E-state index in [0.29, 0.717) is 11.7 Å². The predicted molar refractivity (Wildman–Crippen MR) is 153 cm³/mol. The van der Waals surface area contributed by atoms with Crippen LogP contribution in [-0.4, -0.2) is 48.5 Å². The molecular formula is C30H37N5O2S. The highest BCUT2D eigenvalue weighted by atomic mass is 32.1. The van der Waals surface area contributed by atoms with E-state index in [1.165, 1.54) is 4.88 Å². The first-order valence-electron chi connectivity index (χ1n) is 13.3. The van der Waals surface area contributed by atoms with Gasteiger partial charge in [-0.3, -0.25) is 9.78 Å². The second-order valence-corrected chi connectivity index (χ2v) is 13.4. The molecule has 0 unspecified atom stereocenters. The Morgan fingerprint density at radius 2 is 1.68 bits per heavy atom. The minimum absolute atomic E-state index is 0.116. The zero-order valence-corrected chi connectivity index (χ0v) is 24.0. The fourth-order valence-corrected chi connectivity index (χ4v) is 6.27. The van der Waals surface area contributed by atoms with Crippen molar-refractivity contribution >= 4 is 28.3 Å². The first-order chi connectivity index (χ1) is 17.9. The highest BCUT2D eigenvalue weighted by Crippen LogP contribution is 2.43. The lowest BCUT2D eigenvalue weighted by Crippen LogP contribution is -2.39. The molecule has 4 heterocycles. The third-order valence-electron chi connectivity index (χ3n) is 7.48. The maximum absolute atomic E-state index is 13.0. The first kappa shape index (κ1) is 26.4. The maximum atomic E-state index is 13.0. The fraction of sp³-hybridized carbons (Fsp3) is 0.467. The van der Waals surface area contributed by atoms with Crippen LogP contribution in [0.1, 0.15) is 76.3 Å². The van der Waals surface area contributed by atoms with Gasteiger partial charge in [0, 0.05) is 47.1 Å². The zero-order valence-electron chi connectivity index (χ0n) is 23.2. The van der Waals surface area contributed by atoms with E-state index in [4.69, 9.17) is 4.98 Å². The number of fused-ring (bicyclic) bond motifs is 1. The van der Waals surface area contributed by atoms with E-state index in [1.54, 1.807) is 30.1 Å². The lowest BCUT2D eigenvalue weighted by molar-refractivity contribution is -0.132. The van der Waals surface area contributed by atoms with E-state index < -0.39 is 0 Å². The highest BCUT2D eigenvalue weighted by Gasteiger charge is 2.29. The molecule has 1 aliphatic heterocycles. The second kappa shape index (κ2) is 9.80. The van der Waals surface area contributed by atoms with Gasteiger partial charge in [-0.05, 0) is 47.8 Å². The number of carbonyl (C=O) groups is 1. The normalized spacial score (nSPS) is 15.4. The number of likely N-dealkylation sites (tertiary alicyclic amines) is 1. The Hall–Kier alpha value is -3.26. The average molecular weight is 532 g/mol. The fourth-order valence-electron chi connectivity index (χ4n) is 5.20. The minimum atomic E-state index is -0.181. The first-order valence-corrected chi connectivity index (χ1v) is 14.1. The Morgan fingerprint density at radius 3 is 2.32 bits per heavy atom. The van der Waals surface area contributed by atoms with Crippen molar-refractivity contribution in [3.63, 3.8) is 0 Å². The summed E-state index contributed by atoms with van der Waals surface area (Å²) in [5, 5.41) is 12.1. The summed E-state index contributed by atoms with van der Waals surface area (Å²) in [7, 11) is 0. The van der Waals surface area contributed by atoms with Crippen molar-refractivity contribution < 1.29 is 9.90 Å². The molecule has 5 rings (SSSR count). The van der Waals surface area contributed by atoms with Crippen molar-refractivity contribution in [2.75, 3.05) is 13.1 Å². The summed E-state index contributed by atoms with van der Waals surface area (Å²) in [5.74, 6) is 0.900. The summed E-state index contributed by atoms with van der Waals surface area (Å²) in [4.78, 5) is 29.6. The van der Waals surface area contributed by atoms with E-state index >= 15 is 0 Å². The summed E-state index contributed by atoms with van der Waals surface area (Å²) in [6, 6.07) is 6.06. The molecule has 3 aromatic heterocycles. The Kier molecular flexibility index (Phi) is 6.80. The second-order valence-electron chi connectivity index (χ2n) is 12.4. The number of phenolic OH excluding ortho intramolecular Hbond substituents is 1. The van der Waals surface area contributed by atoms with Gasteiger partial charge >= 0.3 is 0 Å². The Labute approximate surface area is 228 Å². The molecule has 4 aromatic rings. The number of thiazole rings is 1. The van der Waals surface area contributed by atoms with Gasteiger partial charge in [0.1, 0.15) is 17.3 Å². The van der Waals surface area contributed by atoms with Crippen LogP contribution >= 0.6 is 11.3 Å². The molecule has 1 aliphatic rings. The van der Waals surface area contributed by atoms with Crippen LogP contribution in [0, 0.1) is 0 Å². The van der Waals surface area contributed by atoms with Crippen LogP contribution in [0.3, 0.4) is 0 Å². The molecule has 200 valence electrons. The van der Waals surface area contributed by atoms with Gasteiger partial charge in [0.2, 0.25) is 5.91 Å². The van der Waals surface area contributed by atoms with Gasteiger partial charge in [0.05, 0.1) is 23.6 Å². The molecule has 1 aromatic carbocycles. The van der Waals surface area contributed by atoms with Gasteiger partial charge in [-0.1, -0.05) is 41.5 Å². The quantitative estimate of drug-likeness (QED) is 0.336. The predicted octanol–water partition coefficient (Wildman–Crippen LogP) is 6.26. The molecule has 0 saturated carbocycles. The Bertz CT molecular complexity index is 1430. The standard InChI is InChI=1S/C30H37N5O2S/c1-29(2,3)21-13-20(14-22(27(21)37)30(4,5)6)28-32-16-25(38-28)19-8-11-34(12-9-19)26(36)17-35-18-33-23-7-10-31-15-24(23)35/h7,10,13-16,18-19,37H,8-9,11-12,17H2,1-6H3. The number of carbonyl (C=O) groups excluding carboxylic acids is 1. The molecule has 1 amide bonds. The average Bonchev–Trinajstić information content (AvgIpc) is 3.51. The third kappa shape index (κ3) is 5.19. The number of phenols is 1. The summed E-state index contributed by atoms with van der Waals surface area (Å²) in [6.45, 7) is 14.6. The molecule has 0 radical (unpaired) electrons. The monoisotopic (exact) mass is 531 g/mol. The summed E-state index contributed by atoms with van der Waals surface area (Å²) in [5.41, 5.74) is 4.33. The zero-order chi connectivity index (χ0) is 27.2. The van der Waals surface area contributed by atoms with Gasteiger partial charge in [-0.25, -0.2) is 9.97 Å². The van der Waals surface area contributed by atoms with E-state index in [1.807, 2.05) is 21.7 Å². The van der Waals surface area contributed by atoms with Crippen molar-refractivity contribution in [2.24, 2.45) is 0 Å². The number of nitrogens with zero attached hydrogens (tertiary/aromatic N) is 5. The molecule has 38 heavy (non-hydrogen) atoms. The number of amides is 1. The Balaban J connectivity index is 1.29. The van der Waals surface area contributed by atoms with Gasteiger partial charge in [-0.2, -0.15) is 0 Å². The van der Waals surface area contributed by atoms with E-state index in [-0.39, 0.29) is 23.3 Å². The molecule has 7 nitrogen and oxygen atoms in total. The number of imidazole rings is 1. The molecule has 8 heteroatoms. The van der Waals surface area contributed by atoms with Crippen LogP contribution in [0.5, 0.6) is 5.75 Å². The van der Waals surface area contributed by atoms with Crippen molar-refractivity contribution in [3.8, 4) is 16.3 Å².